The predicted molar refractivity (Wildman–Crippen MR) is 80.0 cm³/mol. The average molecular weight is 262 g/mol. The van der Waals surface area contributed by atoms with E-state index in [1.807, 2.05) is 18.2 Å². The van der Waals surface area contributed by atoms with Crippen LogP contribution in [0.5, 0.6) is 5.75 Å². The molecular formula is C17H26O2. The van der Waals surface area contributed by atoms with Gasteiger partial charge >= 0.3 is 0 Å². The van der Waals surface area contributed by atoms with Crippen molar-refractivity contribution in [3.05, 3.63) is 42.7 Å². The zero-order chi connectivity index (χ0) is 13.8. The van der Waals surface area contributed by atoms with E-state index in [-0.39, 0.29) is 0 Å². The maximum atomic E-state index is 5.18. The smallest absolute Gasteiger partial charge is 0.181 e. The van der Waals surface area contributed by atoms with Gasteiger partial charge in [0, 0.05) is 0 Å². The van der Waals surface area contributed by atoms with Gasteiger partial charge in [-0.2, -0.15) is 0 Å². The molecule has 0 atom stereocenters. The Hall–Kier alpha value is -1.44. The van der Waals surface area contributed by atoms with Crippen molar-refractivity contribution >= 4 is 0 Å². The quantitative estimate of drug-likeness (QED) is 0.229. The minimum absolute atomic E-state index is 0.799. The molecule has 0 aromatic heterocycles. The van der Waals surface area contributed by atoms with Crippen LogP contribution in [0.4, 0.5) is 0 Å². The van der Waals surface area contributed by atoms with Crippen molar-refractivity contribution in [2.75, 3.05) is 0 Å². The minimum atomic E-state index is 0.799. The molecule has 0 spiro atoms. The fraction of sp³-hybridized carbons (Fsp3) is 0.529. The zero-order valence-corrected chi connectivity index (χ0v) is 12.1. The Labute approximate surface area is 117 Å². The van der Waals surface area contributed by atoms with Crippen molar-refractivity contribution in [1.82, 2.24) is 0 Å². The van der Waals surface area contributed by atoms with Gasteiger partial charge in [-0.05, 0) is 24.5 Å². The lowest BCUT2D eigenvalue weighted by atomic mass is 10.0. The van der Waals surface area contributed by atoms with Crippen LogP contribution >= 0.6 is 0 Å². The van der Waals surface area contributed by atoms with Crippen LogP contribution < -0.4 is 4.89 Å². The van der Waals surface area contributed by atoms with Crippen LogP contribution in [-0.4, -0.2) is 0 Å². The Morgan fingerprint density at radius 3 is 2.42 bits per heavy atom. The van der Waals surface area contributed by atoms with Crippen LogP contribution in [0.25, 0.3) is 0 Å². The second-order valence-electron chi connectivity index (χ2n) is 4.83. The minimum Gasteiger partial charge on any atom is -0.299 e. The first-order valence-electron chi connectivity index (χ1n) is 7.40. The number of unbranched alkanes of at least 4 members (excludes halogenated alkanes) is 6. The topological polar surface area (TPSA) is 18.5 Å². The van der Waals surface area contributed by atoms with E-state index >= 15 is 0 Å². The zero-order valence-electron chi connectivity index (χ0n) is 12.1. The highest BCUT2D eigenvalue weighted by atomic mass is 17.2. The Morgan fingerprint density at radius 2 is 1.68 bits per heavy atom. The molecule has 0 aliphatic heterocycles. The van der Waals surface area contributed by atoms with Crippen molar-refractivity contribution < 1.29 is 9.78 Å². The molecule has 0 saturated heterocycles. The lowest BCUT2D eigenvalue weighted by Crippen LogP contribution is -1.95. The molecule has 0 aliphatic carbocycles. The first-order chi connectivity index (χ1) is 9.38. The average Bonchev–Trinajstić information content (AvgIpc) is 2.45. The monoisotopic (exact) mass is 262 g/mol. The van der Waals surface area contributed by atoms with Gasteiger partial charge < -0.3 is 0 Å². The summed E-state index contributed by atoms with van der Waals surface area (Å²) in [7, 11) is 0. The summed E-state index contributed by atoms with van der Waals surface area (Å²) in [5, 5.41) is 0. The molecule has 0 saturated carbocycles. The van der Waals surface area contributed by atoms with Crippen LogP contribution in [0.1, 0.15) is 57.4 Å². The Kier molecular flexibility index (Phi) is 8.61. The number of hydrogen-bond acceptors (Lipinski definition) is 2. The largest absolute Gasteiger partial charge is 0.299 e. The van der Waals surface area contributed by atoms with E-state index in [1.54, 1.807) is 0 Å². The summed E-state index contributed by atoms with van der Waals surface area (Å²) < 4.78 is 0. The molecule has 2 nitrogen and oxygen atoms in total. The molecular weight excluding hydrogens is 236 g/mol. The van der Waals surface area contributed by atoms with Gasteiger partial charge in [-0.25, -0.2) is 0 Å². The van der Waals surface area contributed by atoms with Gasteiger partial charge in [0.05, 0.1) is 0 Å². The molecule has 2 heteroatoms. The summed E-state index contributed by atoms with van der Waals surface area (Å²) in [5.41, 5.74) is 1.21. The molecule has 0 unspecified atom stereocenters. The molecule has 1 aromatic rings. The molecule has 0 bridgehead atoms. The molecule has 0 aliphatic rings. The van der Waals surface area contributed by atoms with E-state index in [4.69, 9.17) is 9.78 Å². The summed E-state index contributed by atoms with van der Waals surface area (Å²) in [6.07, 6.45) is 11.6. The van der Waals surface area contributed by atoms with Crippen LogP contribution in [0, 0.1) is 0 Å². The Bertz CT molecular complexity index is 347. The fourth-order valence-corrected chi connectivity index (χ4v) is 2.15. The van der Waals surface area contributed by atoms with Gasteiger partial charge in [-0.15, -0.1) is 0 Å². The summed E-state index contributed by atoms with van der Waals surface area (Å²) in [6, 6.07) is 8.02. The highest BCUT2D eigenvalue weighted by Gasteiger charge is 2.03. The second kappa shape index (κ2) is 10.5. The van der Waals surface area contributed by atoms with Gasteiger partial charge in [0.15, 0.2) is 5.75 Å². The SMILES string of the molecule is C=COOc1ccccc1CCCCCCCCC. The fourth-order valence-electron chi connectivity index (χ4n) is 2.15. The number of benzene rings is 1. The van der Waals surface area contributed by atoms with Gasteiger partial charge in [-0.3, -0.25) is 9.78 Å². The third-order valence-electron chi connectivity index (χ3n) is 3.23. The van der Waals surface area contributed by atoms with Crippen molar-refractivity contribution in [3.63, 3.8) is 0 Å². The van der Waals surface area contributed by atoms with Gasteiger partial charge in [0.1, 0.15) is 6.26 Å². The van der Waals surface area contributed by atoms with E-state index in [0.29, 0.717) is 0 Å². The van der Waals surface area contributed by atoms with E-state index in [0.717, 1.165) is 12.2 Å². The summed E-state index contributed by atoms with van der Waals surface area (Å²) in [5.74, 6) is 0.799. The first-order valence-corrected chi connectivity index (χ1v) is 7.40. The lowest BCUT2D eigenvalue weighted by Gasteiger charge is -2.08. The van der Waals surface area contributed by atoms with Crippen LogP contribution in [0.3, 0.4) is 0 Å². The van der Waals surface area contributed by atoms with Gasteiger partial charge in [-0.1, -0.05) is 70.2 Å². The maximum absolute atomic E-state index is 5.18. The lowest BCUT2D eigenvalue weighted by molar-refractivity contribution is -0.149. The highest BCUT2D eigenvalue weighted by molar-refractivity contribution is 5.32. The number of para-hydroxylation sites is 1. The Morgan fingerprint density at radius 1 is 1.00 bits per heavy atom. The van der Waals surface area contributed by atoms with Crippen LogP contribution in [-0.2, 0) is 11.3 Å². The van der Waals surface area contributed by atoms with Gasteiger partial charge in [0.25, 0.3) is 0 Å². The van der Waals surface area contributed by atoms with Crippen molar-refractivity contribution in [2.24, 2.45) is 0 Å². The predicted octanol–water partition coefficient (Wildman–Crippen LogP) is 5.43. The molecule has 1 rings (SSSR count). The summed E-state index contributed by atoms with van der Waals surface area (Å²) in [4.78, 5) is 9.97. The molecule has 0 radical (unpaired) electrons. The summed E-state index contributed by atoms with van der Waals surface area (Å²) >= 11 is 0. The van der Waals surface area contributed by atoms with E-state index in [9.17, 15) is 0 Å². The molecule has 0 heterocycles. The van der Waals surface area contributed by atoms with Crippen LogP contribution in [0.15, 0.2) is 37.1 Å². The Balaban J connectivity index is 2.22. The normalized spacial score (nSPS) is 10.2. The standard InChI is InChI=1S/C17H26O2/c1-3-5-6-7-8-9-10-13-16-14-11-12-15-17(16)19-18-4-2/h4,11-12,14-15H,2-3,5-10,13H2,1H3. The molecule has 0 N–H and O–H groups in total. The third-order valence-corrected chi connectivity index (χ3v) is 3.23. The molecule has 1 aromatic carbocycles. The number of rotatable bonds is 11. The van der Waals surface area contributed by atoms with E-state index in [1.165, 1.54) is 56.8 Å². The first kappa shape index (κ1) is 15.6. The highest BCUT2D eigenvalue weighted by Crippen LogP contribution is 2.21. The van der Waals surface area contributed by atoms with Crippen LogP contribution in [0.2, 0.25) is 0 Å². The summed E-state index contributed by atoms with van der Waals surface area (Å²) in [6.45, 7) is 5.72. The number of hydrogen-bond donors (Lipinski definition) is 0. The van der Waals surface area contributed by atoms with Crippen molar-refractivity contribution in [1.29, 1.82) is 0 Å². The number of aryl methyl sites for hydroxylation is 1. The molecule has 0 amide bonds. The van der Waals surface area contributed by atoms with Gasteiger partial charge in [0.2, 0.25) is 0 Å². The van der Waals surface area contributed by atoms with Crippen molar-refractivity contribution in [3.8, 4) is 5.75 Å². The van der Waals surface area contributed by atoms with E-state index in [2.05, 4.69) is 19.6 Å². The second-order valence-corrected chi connectivity index (χ2v) is 4.83. The van der Waals surface area contributed by atoms with E-state index < -0.39 is 0 Å². The molecule has 0 fully saturated rings. The van der Waals surface area contributed by atoms with Crippen molar-refractivity contribution in [2.45, 2.75) is 58.3 Å². The molecule has 19 heavy (non-hydrogen) atoms. The maximum Gasteiger partial charge on any atom is 0.181 e. The molecule has 106 valence electrons. The third kappa shape index (κ3) is 6.90.